The Morgan fingerprint density at radius 1 is 1.00 bits per heavy atom. The number of hydrogen-bond acceptors (Lipinski definition) is 2. The van der Waals surface area contributed by atoms with Crippen molar-refractivity contribution in [3.63, 3.8) is 0 Å². The van der Waals surface area contributed by atoms with E-state index in [1.54, 1.807) is 0 Å². The zero-order chi connectivity index (χ0) is 9.54. The van der Waals surface area contributed by atoms with Gasteiger partial charge in [-0.25, -0.2) is 0 Å². The second kappa shape index (κ2) is 43.9. The third kappa shape index (κ3) is 199. The average Bonchev–Trinajstić information content (AvgIpc) is 1.92. The predicted octanol–water partition coefficient (Wildman–Crippen LogP) is 2.24. The van der Waals surface area contributed by atoms with Crippen LogP contribution in [0.25, 0.3) is 0 Å². The van der Waals surface area contributed by atoms with Crippen molar-refractivity contribution in [3.05, 3.63) is 6.42 Å². The fourth-order valence-electron chi connectivity index (χ4n) is 0.289. The Morgan fingerprint density at radius 3 is 1.17 bits per heavy atom. The molecule has 3 heteroatoms. The molecule has 0 aliphatic rings. The van der Waals surface area contributed by atoms with Crippen molar-refractivity contribution < 1.29 is 30.7 Å². The Bertz CT molecular complexity index is 57.5. The second-order valence-corrected chi connectivity index (χ2v) is 1.51. The van der Waals surface area contributed by atoms with Gasteiger partial charge in [0, 0.05) is 21.1 Å². The van der Waals surface area contributed by atoms with Gasteiger partial charge in [-0.3, -0.25) is 12.6 Å². The smallest absolute Gasteiger partial charge is 0 e. The zero-order valence-corrected chi connectivity index (χ0v) is 10.4. The summed E-state index contributed by atoms with van der Waals surface area (Å²) in [6.45, 7) is 6.95. The number of carbonyl (C=O) groups excluding carboxylic acids is 2. The summed E-state index contributed by atoms with van der Waals surface area (Å²) < 4.78 is 0. The molecule has 0 aromatic carbocycles. The summed E-state index contributed by atoms with van der Waals surface area (Å²) >= 11 is 0. The molecule has 0 spiro atoms. The molecule has 0 rings (SSSR count). The maximum atomic E-state index is 8.68. The molecule has 0 heterocycles. The van der Waals surface area contributed by atoms with Crippen LogP contribution in [-0.2, 0) is 30.7 Å². The van der Waals surface area contributed by atoms with Crippen LogP contribution in [0.1, 0.15) is 40.5 Å². The third-order valence-corrected chi connectivity index (χ3v) is 0.577. The number of hydrogen-bond donors (Lipinski definition) is 0. The molecule has 0 amide bonds. The third-order valence-electron chi connectivity index (χ3n) is 0.577. The molecule has 2 nitrogen and oxygen atoms in total. The van der Waals surface area contributed by atoms with Crippen LogP contribution >= 0.6 is 0 Å². The minimum absolute atomic E-state index is 0. The van der Waals surface area contributed by atoms with Gasteiger partial charge in [0.15, 0.2) is 0 Å². The Kier molecular flexibility index (Phi) is 83.0. The SMILES string of the molecule is CC[CH-]CC.C[C-]=O.C[C-]=O.[Pt]. The summed E-state index contributed by atoms with van der Waals surface area (Å²) in [5, 5.41) is 0. The molecule has 78 valence electrons. The summed E-state index contributed by atoms with van der Waals surface area (Å²) in [6, 6.07) is 0. The molecule has 0 aromatic rings. The van der Waals surface area contributed by atoms with Crippen LogP contribution in [0.5, 0.6) is 0 Å². The van der Waals surface area contributed by atoms with Gasteiger partial charge >= 0.3 is 0 Å². The Morgan fingerprint density at radius 2 is 1.17 bits per heavy atom. The van der Waals surface area contributed by atoms with E-state index in [2.05, 4.69) is 20.3 Å². The van der Waals surface area contributed by atoms with E-state index in [9.17, 15) is 0 Å². The van der Waals surface area contributed by atoms with Crippen LogP contribution in [0.4, 0.5) is 0 Å². The van der Waals surface area contributed by atoms with Gasteiger partial charge in [-0.15, -0.1) is 0 Å². The first kappa shape index (κ1) is 22.7. The topological polar surface area (TPSA) is 34.1 Å². The molecule has 0 N–H and O–H groups in total. The summed E-state index contributed by atoms with van der Waals surface area (Å²) in [5.74, 6) is 0. The fourth-order valence-corrected chi connectivity index (χ4v) is 0.289. The largest absolute Gasteiger partial charge is 0.542 e. The molecule has 0 saturated carbocycles. The van der Waals surface area contributed by atoms with Gasteiger partial charge in [0.25, 0.3) is 0 Å². The molecule has 0 radical (unpaired) electrons. The average molecular weight is 352 g/mol. The fraction of sp³-hybridized carbons (Fsp3) is 0.667. The molecule has 0 saturated heterocycles. The number of rotatable bonds is 2. The molecular formula is C9H17O2Pt-3. The maximum absolute atomic E-state index is 8.68. The van der Waals surface area contributed by atoms with Crippen molar-refractivity contribution in [3.8, 4) is 0 Å². The summed E-state index contributed by atoms with van der Waals surface area (Å²) in [4.78, 5) is 17.4. The van der Waals surface area contributed by atoms with E-state index in [-0.39, 0.29) is 21.1 Å². The van der Waals surface area contributed by atoms with Crippen molar-refractivity contribution in [2.45, 2.75) is 40.5 Å². The normalized spacial score (nSPS) is 5.67. The molecule has 0 aliphatic carbocycles. The van der Waals surface area contributed by atoms with Crippen LogP contribution < -0.4 is 0 Å². The minimum Gasteiger partial charge on any atom is -0.542 e. The molecule has 0 bridgehead atoms. The number of unbranched alkanes of at least 4 members (excludes halogenated alkanes) is 2. The van der Waals surface area contributed by atoms with E-state index < -0.39 is 0 Å². The van der Waals surface area contributed by atoms with E-state index in [1.165, 1.54) is 39.3 Å². The van der Waals surface area contributed by atoms with Crippen LogP contribution in [0.3, 0.4) is 0 Å². The summed E-state index contributed by atoms with van der Waals surface area (Å²) in [7, 11) is 0. The van der Waals surface area contributed by atoms with E-state index in [4.69, 9.17) is 9.59 Å². The predicted molar refractivity (Wildman–Crippen MR) is 47.6 cm³/mol. The summed E-state index contributed by atoms with van der Waals surface area (Å²) in [5.41, 5.74) is 0. The van der Waals surface area contributed by atoms with E-state index in [1.807, 2.05) is 0 Å². The first-order valence-electron chi connectivity index (χ1n) is 3.64. The standard InChI is InChI=1S/C5H11.2C2H3O.Pt/c1-3-5-4-2;2*1-2-3;/h5H,3-4H2,1-2H3;2*1H3;/q3*-1;. The van der Waals surface area contributed by atoms with Crippen molar-refractivity contribution in [1.82, 2.24) is 0 Å². The molecular weight excluding hydrogens is 335 g/mol. The van der Waals surface area contributed by atoms with Crippen molar-refractivity contribution in [2.24, 2.45) is 0 Å². The van der Waals surface area contributed by atoms with Gasteiger partial charge in [0.05, 0.1) is 0 Å². The molecule has 0 atom stereocenters. The van der Waals surface area contributed by atoms with Crippen LogP contribution in [0.2, 0.25) is 0 Å². The van der Waals surface area contributed by atoms with Crippen LogP contribution in [0, 0.1) is 6.42 Å². The van der Waals surface area contributed by atoms with Crippen molar-refractivity contribution in [2.75, 3.05) is 0 Å². The van der Waals surface area contributed by atoms with Crippen LogP contribution in [0.15, 0.2) is 0 Å². The molecule has 0 fully saturated rings. The molecule has 0 aromatic heterocycles. The Labute approximate surface area is 90.4 Å². The van der Waals surface area contributed by atoms with Gasteiger partial charge in [-0.1, -0.05) is 13.8 Å². The minimum atomic E-state index is 0. The zero-order valence-electron chi connectivity index (χ0n) is 8.12. The van der Waals surface area contributed by atoms with Gasteiger partial charge in [0.1, 0.15) is 0 Å². The monoisotopic (exact) mass is 352 g/mol. The first-order chi connectivity index (χ1) is 5.24. The van der Waals surface area contributed by atoms with Gasteiger partial charge in [-0.05, 0) is 0 Å². The Hall–Kier alpha value is 0.0283. The Balaban J connectivity index is -0.0000000406. The maximum Gasteiger partial charge on any atom is 0 e. The van der Waals surface area contributed by atoms with E-state index in [0.717, 1.165) is 0 Å². The van der Waals surface area contributed by atoms with Gasteiger partial charge in [0.2, 0.25) is 0 Å². The van der Waals surface area contributed by atoms with Gasteiger partial charge < -0.3 is 16.0 Å². The van der Waals surface area contributed by atoms with Crippen LogP contribution in [-0.4, -0.2) is 12.6 Å². The van der Waals surface area contributed by atoms with Crippen molar-refractivity contribution in [1.29, 1.82) is 0 Å². The van der Waals surface area contributed by atoms with Gasteiger partial charge in [-0.2, -0.15) is 26.7 Å². The molecule has 12 heavy (non-hydrogen) atoms. The molecule has 0 aliphatic heterocycles. The first-order valence-corrected chi connectivity index (χ1v) is 3.64. The second-order valence-electron chi connectivity index (χ2n) is 1.51. The van der Waals surface area contributed by atoms with Crippen molar-refractivity contribution >= 4 is 12.6 Å². The molecule has 0 unspecified atom stereocenters. The van der Waals surface area contributed by atoms with E-state index >= 15 is 0 Å². The quantitative estimate of drug-likeness (QED) is 0.715. The van der Waals surface area contributed by atoms with E-state index in [0.29, 0.717) is 0 Å². The summed E-state index contributed by atoms with van der Waals surface area (Å²) in [6.07, 6.45) is 7.69.